The second kappa shape index (κ2) is 9.67. The second-order valence-corrected chi connectivity index (χ2v) is 7.07. The molecule has 0 bridgehead atoms. The van der Waals surface area contributed by atoms with Crippen LogP contribution in [-0.4, -0.2) is 54.8 Å². The van der Waals surface area contributed by atoms with Crippen LogP contribution >= 0.6 is 0 Å². The molecule has 1 heterocycles. The van der Waals surface area contributed by atoms with Gasteiger partial charge in [-0.3, -0.25) is 14.5 Å². The number of halogens is 1. The maximum Gasteiger partial charge on any atom is 0.236 e. The lowest BCUT2D eigenvalue weighted by atomic mass is 9.96. The Morgan fingerprint density at radius 2 is 1.88 bits per heavy atom. The number of rotatable bonds is 7. The summed E-state index contributed by atoms with van der Waals surface area (Å²) in [6.07, 6.45) is 2.53. The molecule has 0 aliphatic carbocycles. The minimum atomic E-state index is -0.277. The number of nitrogens with zero attached hydrogens (tertiary/aromatic N) is 2. The molecule has 144 valence electrons. The Hall–Kier alpha value is -1.95. The summed E-state index contributed by atoms with van der Waals surface area (Å²) in [5.74, 6) is -0.0415. The monoisotopic (exact) mass is 363 g/mol. The van der Waals surface area contributed by atoms with Gasteiger partial charge in [-0.05, 0) is 57.0 Å². The molecule has 0 spiro atoms. The average molecular weight is 363 g/mol. The summed E-state index contributed by atoms with van der Waals surface area (Å²) in [6, 6.07) is 6.14. The molecular formula is C20H30FN3O2. The topological polar surface area (TPSA) is 52.7 Å². The van der Waals surface area contributed by atoms with Crippen molar-refractivity contribution >= 4 is 11.8 Å². The number of benzene rings is 1. The molecule has 1 atom stereocenters. The molecule has 1 aliphatic heterocycles. The molecule has 1 fully saturated rings. The van der Waals surface area contributed by atoms with E-state index in [9.17, 15) is 14.0 Å². The van der Waals surface area contributed by atoms with Crippen LogP contribution in [0.25, 0.3) is 0 Å². The smallest absolute Gasteiger partial charge is 0.236 e. The number of likely N-dealkylation sites (tertiary alicyclic amines) is 1. The lowest BCUT2D eigenvalue weighted by Crippen LogP contribution is -2.45. The lowest BCUT2D eigenvalue weighted by molar-refractivity contribution is -0.133. The highest BCUT2D eigenvalue weighted by Gasteiger charge is 2.27. The van der Waals surface area contributed by atoms with E-state index in [1.807, 2.05) is 13.8 Å². The highest BCUT2D eigenvalue weighted by molar-refractivity contribution is 5.79. The van der Waals surface area contributed by atoms with Crippen molar-refractivity contribution in [2.75, 3.05) is 33.2 Å². The first kappa shape index (κ1) is 20.4. The minimum Gasteiger partial charge on any atom is -0.356 e. The van der Waals surface area contributed by atoms with Crippen molar-refractivity contribution < 1.29 is 14.0 Å². The van der Waals surface area contributed by atoms with Gasteiger partial charge < -0.3 is 10.2 Å². The highest BCUT2D eigenvalue weighted by Crippen LogP contribution is 2.21. The Labute approximate surface area is 155 Å². The number of amides is 2. The molecule has 0 aromatic heterocycles. The largest absolute Gasteiger partial charge is 0.356 e. The quantitative estimate of drug-likeness (QED) is 0.810. The summed E-state index contributed by atoms with van der Waals surface area (Å²) in [7, 11) is 1.78. The maximum absolute atomic E-state index is 13.1. The van der Waals surface area contributed by atoms with Crippen molar-refractivity contribution in [2.24, 2.45) is 5.92 Å². The number of carbonyl (C=O) groups is 2. The van der Waals surface area contributed by atoms with Crippen LogP contribution in [0.2, 0.25) is 0 Å². The molecule has 1 aromatic carbocycles. The van der Waals surface area contributed by atoms with Gasteiger partial charge in [-0.1, -0.05) is 19.1 Å². The fourth-order valence-electron chi connectivity index (χ4n) is 3.23. The third-order valence-electron chi connectivity index (χ3n) is 5.19. The molecule has 2 amide bonds. The summed E-state index contributed by atoms with van der Waals surface area (Å²) in [6.45, 7) is 6.58. The first-order valence-electron chi connectivity index (χ1n) is 9.43. The summed E-state index contributed by atoms with van der Waals surface area (Å²) in [4.78, 5) is 28.4. The van der Waals surface area contributed by atoms with Gasteiger partial charge in [-0.2, -0.15) is 0 Å². The van der Waals surface area contributed by atoms with Crippen LogP contribution in [0.1, 0.15) is 44.7 Å². The number of likely N-dealkylation sites (N-methyl/N-ethyl adjacent to an activating group) is 1. The van der Waals surface area contributed by atoms with Crippen molar-refractivity contribution in [1.29, 1.82) is 0 Å². The van der Waals surface area contributed by atoms with Crippen molar-refractivity contribution in [2.45, 2.75) is 39.2 Å². The van der Waals surface area contributed by atoms with Crippen LogP contribution in [0.5, 0.6) is 0 Å². The van der Waals surface area contributed by atoms with Crippen LogP contribution in [0.15, 0.2) is 24.3 Å². The van der Waals surface area contributed by atoms with E-state index >= 15 is 0 Å². The van der Waals surface area contributed by atoms with Gasteiger partial charge in [0.2, 0.25) is 11.8 Å². The lowest BCUT2D eigenvalue weighted by Gasteiger charge is -2.33. The van der Waals surface area contributed by atoms with Gasteiger partial charge in [0.25, 0.3) is 0 Å². The SMILES string of the molecule is CCCNC(=O)C1CCN(CC(=O)N(C)C(C)c2ccc(F)cc2)CC1. The summed E-state index contributed by atoms with van der Waals surface area (Å²) >= 11 is 0. The van der Waals surface area contributed by atoms with E-state index in [-0.39, 0.29) is 29.6 Å². The van der Waals surface area contributed by atoms with Gasteiger partial charge >= 0.3 is 0 Å². The molecule has 1 N–H and O–H groups in total. The van der Waals surface area contributed by atoms with Gasteiger partial charge in [-0.15, -0.1) is 0 Å². The van der Waals surface area contributed by atoms with Crippen molar-refractivity contribution in [3.8, 4) is 0 Å². The molecule has 1 aliphatic rings. The van der Waals surface area contributed by atoms with Crippen LogP contribution in [0.3, 0.4) is 0 Å². The Balaban J connectivity index is 1.80. The fraction of sp³-hybridized carbons (Fsp3) is 0.600. The fourth-order valence-corrected chi connectivity index (χ4v) is 3.23. The summed E-state index contributed by atoms with van der Waals surface area (Å²) in [5.41, 5.74) is 0.911. The van der Waals surface area contributed by atoms with Gasteiger partial charge in [0.15, 0.2) is 0 Å². The molecular weight excluding hydrogens is 333 g/mol. The van der Waals surface area contributed by atoms with E-state index in [1.165, 1.54) is 12.1 Å². The second-order valence-electron chi connectivity index (χ2n) is 7.07. The first-order valence-corrected chi connectivity index (χ1v) is 9.43. The Kier molecular flexibility index (Phi) is 7.57. The molecule has 26 heavy (non-hydrogen) atoms. The molecule has 0 radical (unpaired) electrons. The van der Waals surface area contributed by atoms with E-state index in [0.29, 0.717) is 6.54 Å². The molecule has 1 saturated heterocycles. The molecule has 5 nitrogen and oxygen atoms in total. The predicted octanol–water partition coefficient (Wildman–Crippen LogP) is 2.58. The van der Waals surface area contributed by atoms with Crippen LogP contribution < -0.4 is 5.32 Å². The van der Waals surface area contributed by atoms with Gasteiger partial charge in [0, 0.05) is 19.5 Å². The summed E-state index contributed by atoms with van der Waals surface area (Å²) in [5, 5.41) is 2.95. The van der Waals surface area contributed by atoms with Crippen LogP contribution in [-0.2, 0) is 9.59 Å². The summed E-state index contributed by atoms with van der Waals surface area (Å²) < 4.78 is 13.1. The van der Waals surface area contributed by atoms with E-state index < -0.39 is 0 Å². The average Bonchev–Trinajstić information content (AvgIpc) is 2.66. The van der Waals surface area contributed by atoms with E-state index in [2.05, 4.69) is 10.2 Å². The Morgan fingerprint density at radius 1 is 1.27 bits per heavy atom. The predicted molar refractivity (Wildman–Crippen MR) is 100 cm³/mol. The third-order valence-corrected chi connectivity index (χ3v) is 5.19. The number of hydrogen-bond acceptors (Lipinski definition) is 3. The Bertz CT molecular complexity index is 598. The van der Waals surface area contributed by atoms with E-state index in [1.54, 1.807) is 24.1 Å². The van der Waals surface area contributed by atoms with Crippen LogP contribution in [0, 0.1) is 11.7 Å². The number of hydrogen-bond donors (Lipinski definition) is 1. The van der Waals surface area contributed by atoms with Crippen LogP contribution in [0.4, 0.5) is 4.39 Å². The zero-order chi connectivity index (χ0) is 19.1. The van der Waals surface area contributed by atoms with E-state index in [0.717, 1.165) is 44.5 Å². The molecule has 2 rings (SSSR count). The van der Waals surface area contributed by atoms with Gasteiger partial charge in [0.1, 0.15) is 5.82 Å². The highest BCUT2D eigenvalue weighted by atomic mass is 19.1. The van der Waals surface area contributed by atoms with Gasteiger partial charge in [-0.25, -0.2) is 4.39 Å². The molecule has 1 unspecified atom stereocenters. The van der Waals surface area contributed by atoms with Crippen molar-refractivity contribution in [1.82, 2.24) is 15.1 Å². The zero-order valence-corrected chi connectivity index (χ0v) is 16.0. The molecule has 1 aromatic rings. The van der Waals surface area contributed by atoms with Gasteiger partial charge in [0.05, 0.1) is 12.6 Å². The normalized spacial score (nSPS) is 16.9. The van der Waals surface area contributed by atoms with Crippen molar-refractivity contribution in [3.05, 3.63) is 35.6 Å². The maximum atomic E-state index is 13.1. The Morgan fingerprint density at radius 3 is 2.46 bits per heavy atom. The number of piperidine rings is 1. The number of nitrogens with one attached hydrogen (secondary N) is 1. The zero-order valence-electron chi connectivity index (χ0n) is 16.0. The molecule has 0 saturated carbocycles. The third kappa shape index (κ3) is 5.53. The standard InChI is InChI=1S/C20H30FN3O2/c1-4-11-22-20(26)17-9-12-24(13-10-17)14-19(25)23(3)15(2)16-5-7-18(21)8-6-16/h5-8,15,17H,4,9-14H2,1-3H3,(H,22,26). The number of carbonyl (C=O) groups excluding carboxylic acids is 2. The molecule has 6 heteroatoms. The first-order chi connectivity index (χ1) is 12.4. The van der Waals surface area contributed by atoms with Crippen molar-refractivity contribution in [3.63, 3.8) is 0 Å². The van der Waals surface area contributed by atoms with E-state index in [4.69, 9.17) is 0 Å². The minimum absolute atomic E-state index is 0.0377.